The smallest absolute Gasteiger partial charge is 0.338 e. The van der Waals surface area contributed by atoms with Gasteiger partial charge in [-0.15, -0.1) is 11.3 Å². The highest BCUT2D eigenvalue weighted by Gasteiger charge is 2.49. The number of carbonyl (C=O) groups excluding carboxylic acids is 2. The normalized spacial score (nSPS) is 23.0. The molecule has 3 aliphatic rings. The van der Waals surface area contributed by atoms with Crippen LogP contribution in [0.2, 0.25) is 5.02 Å². The summed E-state index contributed by atoms with van der Waals surface area (Å²) in [5.74, 6) is -1.93. The lowest BCUT2D eigenvalue weighted by molar-refractivity contribution is -0.145. The number of hydrogen-bond acceptors (Lipinski definition) is 9. The molecule has 0 saturated carbocycles. The van der Waals surface area contributed by atoms with Gasteiger partial charge in [-0.1, -0.05) is 17.7 Å². The third kappa shape index (κ3) is 5.72. The second-order valence-corrected chi connectivity index (χ2v) is 12.6. The lowest BCUT2D eigenvalue weighted by atomic mass is 9.94. The minimum absolute atomic E-state index is 0.00587. The maximum absolute atomic E-state index is 14.0. The van der Waals surface area contributed by atoms with Crippen LogP contribution in [0.15, 0.2) is 46.0 Å². The monoisotopic (exact) mass is 618 g/mol. The Labute approximate surface area is 251 Å². The van der Waals surface area contributed by atoms with Gasteiger partial charge < -0.3 is 25.0 Å². The molecule has 0 spiro atoms. The van der Waals surface area contributed by atoms with Gasteiger partial charge in [0.1, 0.15) is 17.9 Å². The highest BCUT2D eigenvalue weighted by atomic mass is 35.5. The Bertz CT molecular complexity index is 1460. The third-order valence-electron chi connectivity index (χ3n) is 7.54. The molecule has 2 fully saturated rings. The van der Waals surface area contributed by atoms with Crippen molar-refractivity contribution in [1.82, 2.24) is 25.0 Å². The van der Waals surface area contributed by atoms with Crippen LogP contribution in [0.1, 0.15) is 44.3 Å². The van der Waals surface area contributed by atoms with E-state index in [0.29, 0.717) is 28.6 Å². The fraction of sp³-hybridized carbons (Fsp3) is 0.464. The molecule has 2 amide bonds. The molecule has 2 N–H and O–H groups in total. The molecule has 0 radical (unpaired) electrons. The summed E-state index contributed by atoms with van der Waals surface area (Å²) in [6, 6.07) is 1.43. The summed E-state index contributed by atoms with van der Waals surface area (Å²) in [5, 5.41) is 15.8. The van der Waals surface area contributed by atoms with E-state index in [0.717, 1.165) is 6.07 Å². The summed E-state index contributed by atoms with van der Waals surface area (Å²) < 4.78 is 19.4. The van der Waals surface area contributed by atoms with Gasteiger partial charge in [0.15, 0.2) is 10.8 Å². The molecule has 14 heteroatoms. The number of piperazine rings is 1. The Balaban J connectivity index is 1.57. The number of aromatic nitrogens is 1. The second kappa shape index (κ2) is 11.6. The number of amidine groups is 1. The van der Waals surface area contributed by atoms with Crippen LogP contribution in [0.5, 0.6) is 0 Å². The molecule has 3 aliphatic heterocycles. The first-order chi connectivity index (χ1) is 19.9. The summed E-state index contributed by atoms with van der Waals surface area (Å²) in [5.41, 5.74) is 0.464. The van der Waals surface area contributed by atoms with Crippen molar-refractivity contribution in [3.63, 3.8) is 0 Å². The molecule has 11 nitrogen and oxygen atoms in total. The van der Waals surface area contributed by atoms with Crippen molar-refractivity contribution in [1.29, 1.82) is 0 Å². The highest BCUT2D eigenvalue weighted by molar-refractivity contribution is 7.11. The number of carboxylic acids is 1. The zero-order valence-electron chi connectivity index (χ0n) is 23.6. The molecular weight excluding hydrogens is 587 g/mol. The first kappa shape index (κ1) is 29.9. The molecule has 42 heavy (non-hydrogen) atoms. The maximum Gasteiger partial charge on any atom is 0.338 e. The van der Waals surface area contributed by atoms with Crippen molar-refractivity contribution in [2.45, 2.75) is 51.4 Å². The van der Waals surface area contributed by atoms with Crippen molar-refractivity contribution in [2.24, 2.45) is 4.99 Å². The summed E-state index contributed by atoms with van der Waals surface area (Å²) in [4.78, 5) is 53.4. The van der Waals surface area contributed by atoms with Crippen LogP contribution in [0.4, 0.5) is 9.18 Å². The SMILES string of the molecule is CCOC(=O)C1=C(CN2C[C@H]3CN(C(C)(C)C)C(=O)N3C[C@H]2C(=O)O)NC(c2nccs2)=N[C@H]1c1ccc(F)cc1Cl. The molecule has 2 aromatic rings. The minimum Gasteiger partial charge on any atom is -0.480 e. The minimum atomic E-state index is -1.09. The summed E-state index contributed by atoms with van der Waals surface area (Å²) in [6.07, 6.45) is 1.62. The number of esters is 1. The maximum atomic E-state index is 14.0. The van der Waals surface area contributed by atoms with Crippen molar-refractivity contribution in [3.05, 3.63) is 62.5 Å². The first-order valence-corrected chi connectivity index (χ1v) is 14.8. The van der Waals surface area contributed by atoms with Gasteiger partial charge in [-0.2, -0.15) is 0 Å². The standard InChI is InChI=1S/C28H32ClFN6O5S/c1-5-41-26(39)21-19(13-34-11-16-12-36(28(2,3)4)27(40)35(16)14-20(34)25(37)38)32-23(24-31-8-9-42-24)33-22(21)17-7-6-15(30)10-18(17)29/h6-10,16,20,22H,5,11-14H2,1-4H3,(H,32,33)(H,37,38)/t16-,20-,22-/m0/s1. The Morgan fingerprint density at radius 2 is 2.02 bits per heavy atom. The van der Waals surface area contributed by atoms with Crippen molar-refractivity contribution < 1.29 is 28.6 Å². The van der Waals surface area contributed by atoms with Gasteiger partial charge in [-0.05, 0) is 39.8 Å². The summed E-state index contributed by atoms with van der Waals surface area (Å²) in [6.45, 7) is 8.31. The van der Waals surface area contributed by atoms with Crippen LogP contribution in [0, 0.1) is 5.82 Å². The Kier molecular flexibility index (Phi) is 8.28. The zero-order valence-corrected chi connectivity index (χ0v) is 25.2. The number of aliphatic imine (C=N–C) groups is 1. The van der Waals surface area contributed by atoms with Crippen molar-refractivity contribution in [2.75, 3.05) is 32.8 Å². The number of nitrogens with zero attached hydrogens (tertiary/aromatic N) is 5. The van der Waals surface area contributed by atoms with Crippen LogP contribution in [-0.4, -0.2) is 99.0 Å². The van der Waals surface area contributed by atoms with E-state index in [1.807, 2.05) is 20.8 Å². The lowest BCUT2D eigenvalue weighted by Crippen LogP contribution is -2.61. The number of fused-ring (bicyclic) bond motifs is 1. The van der Waals surface area contributed by atoms with E-state index in [4.69, 9.17) is 21.3 Å². The average molecular weight is 619 g/mol. The molecule has 2 saturated heterocycles. The predicted octanol–water partition coefficient (Wildman–Crippen LogP) is 3.52. The van der Waals surface area contributed by atoms with Crippen molar-refractivity contribution >= 4 is 46.7 Å². The van der Waals surface area contributed by atoms with Crippen LogP contribution in [-0.2, 0) is 14.3 Å². The molecule has 1 aromatic carbocycles. The summed E-state index contributed by atoms with van der Waals surface area (Å²) in [7, 11) is 0. The molecule has 0 aliphatic carbocycles. The number of carboxylic acid groups (broad SMARTS) is 1. The molecule has 224 valence electrons. The second-order valence-electron chi connectivity index (χ2n) is 11.3. The van der Waals surface area contributed by atoms with Gasteiger partial charge in [0.25, 0.3) is 0 Å². The van der Waals surface area contributed by atoms with Crippen LogP contribution in [0.3, 0.4) is 0 Å². The van der Waals surface area contributed by atoms with E-state index in [1.54, 1.807) is 33.2 Å². The number of amides is 2. The number of ether oxygens (including phenoxy) is 1. The van der Waals surface area contributed by atoms with Gasteiger partial charge >= 0.3 is 18.0 Å². The predicted molar refractivity (Wildman–Crippen MR) is 155 cm³/mol. The first-order valence-electron chi connectivity index (χ1n) is 13.5. The number of halogens is 2. The van der Waals surface area contributed by atoms with Gasteiger partial charge in [0.2, 0.25) is 0 Å². The van der Waals surface area contributed by atoms with E-state index < -0.39 is 35.4 Å². The Hall–Kier alpha value is -3.55. The zero-order chi connectivity index (χ0) is 30.3. The van der Waals surface area contributed by atoms with E-state index in [2.05, 4.69) is 10.3 Å². The molecule has 4 heterocycles. The molecule has 3 atom stereocenters. The quantitative estimate of drug-likeness (QED) is 0.451. The number of rotatable bonds is 7. The number of hydrogen-bond donors (Lipinski definition) is 2. The van der Waals surface area contributed by atoms with Gasteiger partial charge in [-0.25, -0.2) is 19.0 Å². The van der Waals surface area contributed by atoms with E-state index >= 15 is 0 Å². The number of benzene rings is 1. The highest BCUT2D eigenvalue weighted by Crippen LogP contribution is 2.37. The fourth-order valence-corrected chi connectivity index (χ4v) is 6.38. The van der Waals surface area contributed by atoms with Gasteiger partial charge in [0, 0.05) is 59.6 Å². The summed E-state index contributed by atoms with van der Waals surface area (Å²) >= 11 is 7.79. The molecule has 1 aromatic heterocycles. The topological polar surface area (TPSA) is 128 Å². The molecule has 0 unspecified atom stereocenters. The van der Waals surface area contributed by atoms with Crippen molar-refractivity contribution in [3.8, 4) is 0 Å². The van der Waals surface area contributed by atoms with Crippen LogP contribution < -0.4 is 5.32 Å². The Morgan fingerprint density at radius 3 is 2.64 bits per heavy atom. The number of carbonyl (C=O) groups is 3. The van der Waals surface area contributed by atoms with E-state index in [1.165, 1.54) is 23.5 Å². The number of thiazole rings is 1. The average Bonchev–Trinajstić information content (AvgIpc) is 3.56. The van der Waals surface area contributed by atoms with E-state index in [9.17, 15) is 23.9 Å². The van der Waals surface area contributed by atoms with Crippen LogP contribution >= 0.6 is 22.9 Å². The Morgan fingerprint density at radius 1 is 1.26 bits per heavy atom. The van der Waals surface area contributed by atoms with Gasteiger partial charge in [0.05, 0.1) is 18.2 Å². The molecule has 5 rings (SSSR count). The van der Waals surface area contributed by atoms with Crippen LogP contribution in [0.25, 0.3) is 0 Å². The molecular formula is C28H32ClFN6O5S. The fourth-order valence-electron chi connectivity index (χ4n) is 5.52. The lowest BCUT2D eigenvalue weighted by Gasteiger charge is -2.41. The largest absolute Gasteiger partial charge is 0.480 e. The van der Waals surface area contributed by atoms with E-state index in [-0.39, 0.29) is 48.9 Å². The third-order valence-corrected chi connectivity index (χ3v) is 8.64. The number of nitrogens with one attached hydrogen (secondary N) is 1. The molecule has 0 bridgehead atoms. The van der Waals surface area contributed by atoms with Gasteiger partial charge in [-0.3, -0.25) is 14.7 Å². The number of aliphatic carboxylic acids is 1. The number of urea groups is 1.